The van der Waals surface area contributed by atoms with E-state index in [9.17, 15) is 9.59 Å². The molecule has 0 bridgehead atoms. The Kier molecular flexibility index (Phi) is 3.24. The SMILES string of the molecule is CN1CCN(C(=O)c2ccc3c(c2)NC(=O)C3)CC1(C)C. The lowest BCUT2D eigenvalue weighted by Gasteiger charge is -2.45. The number of rotatable bonds is 1. The Hall–Kier alpha value is -1.88. The van der Waals surface area contributed by atoms with Gasteiger partial charge in [-0.2, -0.15) is 0 Å². The average molecular weight is 287 g/mol. The minimum atomic E-state index is -0.0150. The van der Waals surface area contributed by atoms with Gasteiger partial charge in [-0.05, 0) is 38.6 Å². The first-order valence-corrected chi connectivity index (χ1v) is 7.30. The van der Waals surface area contributed by atoms with Crippen LogP contribution in [0.1, 0.15) is 29.8 Å². The van der Waals surface area contributed by atoms with Gasteiger partial charge >= 0.3 is 0 Å². The normalized spacial score (nSPS) is 21.1. The quantitative estimate of drug-likeness (QED) is 0.848. The summed E-state index contributed by atoms with van der Waals surface area (Å²) in [6, 6.07) is 5.50. The van der Waals surface area contributed by atoms with Gasteiger partial charge in [-0.1, -0.05) is 6.07 Å². The number of hydrogen-bond acceptors (Lipinski definition) is 3. The zero-order chi connectivity index (χ0) is 15.2. The molecule has 3 rings (SSSR count). The molecule has 0 atom stereocenters. The fraction of sp³-hybridized carbons (Fsp3) is 0.500. The number of carbonyl (C=O) groups is 2. The monoisotopic (exact) mass is 287 g/mol. The summed E-state index contributed by atoms with van der Waals surface area (Å²) in [5, 5.41) is 2.80. The van der Waals surface area contributed by atoms with Crippen molar-refractivity contribution < 1.29 is 9.59 Å². The van der Waals surface area contributed by atoms with E-state index < -0.39 is 0 Å². The predicted molar refractivity (Wildman–Crippen MR) is 81.4 cm³/mol. The van der Waals surface area contributed by atoms with E-state index in [-0.39, 0.29) is 17.4 Å². The molecule has 1 saturated heterocycles. The number of nitrogens with zero attached hydrogens (tertiary/aromatic N) is 2. The van der Waals surface area contributed by atoms with Crippen molar-refractivity contribution in [3.8, 4) is 0 Å². The van der Waals surface area contributed by atoms with Crippen molar-refractivity contribution in [1.82, 2.24) is 9.80 Å². The molecule has 2 heterocycles. The molecule has 0 aliphatic carbocycles. The van der Waals surface area contributed by atoms with Crippen LogP contribution in [-0.2, 0) is 11.2 Å². The average Bonchev–Trinajstić information content (AvgIpc) is 2.80. The highest BCUT2D eigenvalue weighted by Crippen LogP contribution is 2.26. The molecule has 0 spiro atoms. The van der Waals surface area contributed by atoms with Crippen LogP contribution in [0.2, 0.25) is 0 Å². The predicted octanol–water partition coefficient (Wildman–Crippen LogP) is 1.35. The van der Waals surface area contributed by atoms with Crippen LogP contribution in [0.4, 0.5) is 5.69 Å². The first kappa shape index (κ1) is 14.1. The van der Waals surface area contributed by atoms with Crippen molar-refractivity contribution in [2.45, 2.75) is 25.8 Å². The number of likely N-dealkylation sites (N-methyl/N-ethyl adjacent to an activating group) is 1. The summed E-state index contributed by atoms with van der Waals surface area (Å²) in [6.07, 6.45) is 0.408. The molecular formula is C16H21N3O2. The van der Waals surface area contributed by atoms with Crippen molar-refractivity contribution in [2.24, 2.45) is 0 Å². The molecule has 5 nitrogen and oxygen atoms in total. The van der Waals surface area contributed by atoms with E-state index in [1.165, 1.54) is 0 Å². The zero-order valence-corrected chi connectivity index (χ0v) is 12.8. The molecule has 1 N–H and O–H groups in total. The first-order valence-electron chi connectivity index (χ1n) is 7.30. The number of anilines is 1. The van der Waals surface area contributed by atoms with Crippen LogP contribution in [0.15, 0.2) is 18.2 Å². The second-order valence-corrected chi connectivity index (χ2v) is 6.56. The molecule has 0 unspecified atom stereocenters. The molecule has 1 aromatic carbocycles. The summed E-state index contributed by atoms with van der Waals surface area (Å²) in [7, 11) is 2.09. The Morgan fingerprint density at radius 3 is 2.76 bits per heavy atom. The summed E-state index contributed by atoms with van der Waals surface area (Å²) >= 11 is 0. The van der Waals surface area contributed by atoms with Crippen LogP contribution < -0.4 is 5.32 Å². The molecule has 5 heteroatoms. The standard InChI is InChI=1S/C16H21N3O2/c1-16(2)10-19(7-6-18(16)3)15(21)12-5-4-11-9-14(20)17-13(11)8-12/h4-5,8H,6-7,9-10H2,1-3H3,(H,17,20). The largest absolute Gasteiger partial charge is 0.336 e. The Balaban J connectivity index is 1.80. The third-order valence-electron chi connectivity index (χ3n) is 4.59. The van der Waals surface area contributed by atoms with Gasteiger partial charge in [-0.15, -0.1) is 0 Å². The first-order chi connectivity index (χ1) is 9.87. The maximum Gasteiger partial charge on any atom is 0.254 e. The minimum Gasteiger partial charge on any atom is -0.336 e. The second kappa shape index (κ2) is 4.84. The lowest BCUT2D eigenvalue weighted by atomic mass is 9.99. The molecule has 1 fully saturated rings. The summed E-state index contributed by atoms with van der Waals surface area (Å²) in [5.41, 5.74) is 2.38. The van der Waals surface area contributed by atoms with E-state index in [0.717, 1.165) is 24.3 Å². The minimum absolute atomic E-state index is 0.00432. The van der Waals surface area contributed by atoms with Crippen LogP contribution in [0.3, 0.4) is 0 Å². The van der Waals surface area contributed by atoms with Crippen LogP contribution in [-0.4, -0.2) is 53.8 Å². The van der Waals surface area contributed by atoms with Crippen molar-refractivity contribution in [3.05, 3.63) is 29.3 Å². The number of piperazine rings is 1. The number of hydrogen-bond donors (Lipinski definition) is 1. The molecule has 1 aromatic rings. The molecule has 112 valence electrons. The van der Waals surface area contributed by atoms with E-state index in [1.54, 1.807) is 6.07 Å². The Bertz CT molecular complexity index is 610. The molecule has 21 heavy (non-hydrogen) atoms. The lowest BCUT2D eigenvalue weighted by Crippen LogP contribution is -2.58. The fourth-order valence-electron chi connectivity index (χ4n) is 2.94. The van der Waals surface area contributed by atoms with Gasteiger partial charge < -0.3 is 10.2 Å². The van der Waals surface area contributed by atoms with Gasteiger partial charge in [-0.25, -0.2) is 0 Å². The molecule has 0 aromatic heterocycles. The van der Waals surface area contributed by atoms with Gasteiger partial charge in [0.25, 0.3) is 5.91 Å². The van der Waals surface area contributed by atoms with Crippen molar-refractivity contribution >= 4 is 17.5 Å². The van der Waals surface area contributed by atoms with E-state index in [4.69, 9.17) is 0 Å². The number of fused-ring (bicyclic) bond motifs is 1. The molecular weight excluding hydrogens is 266 g/mol. The van der Waals surface area contributed by atoms with Crippen molar-refractivity contribution in [1.29, 1.82) is 0 Å². The molecule has 2 amide bonds. The van der Waals surface area contributed by atoms with Crippen LogP contribution in [0.25, 0.3) is 0 Å². The van der Waals surface area contributed by atoms with E-state index >= 15 is 0 Å². The highest BCUT2D eigenvalue weighted by Gasteiger charge is 2.33. The molecule has 2 aliphatic rings. The van der Waals surface area contributed by atoms with Gasteiger partial charge in [0.15, 0.2) is 0 Å². The van der Waals surface area contributed by atoms with Gasteiger partial charge in [0.1, 0.15) is 0 Å². The Morgan fingerprint density at radius 2 is 2.05 bits per heavy atom. The second-order valence-electron chi connectivity index (χ2n) is 6.56. The van der Waals surface area contributed by atoms with E-state index in [1.807, 2.05) is 17.0 Å². The number of nitrogens with one attached hydrogen (secondary N) is 1. The van der Waals surface area contributed by atoms with Crippen LogP contribution in [0.5, 0.6) is 0 Å². The maximum atomic E-state index is 12.7. The molecule has 0 radical (unpaired) electrons. The lowest BCUT2D eigenvalue weighted by molar-refractivity contribution is -0.115. The summed E-state index contributed by atoms with van der Waals surface area (Å²) in [5.74, 6) is 0.0375. The van der Waals surface area contributed by atoms with E-state index in [2.05, 4.69) is 31.1 Å². The zero-order valence-electron chi connectivity index (χ0n) is 12.8. The maximum absolute atomic E-state index is 12.7. The highest BCUT2D eigenvalue weighted by molar-refractivity contribution is 6.02. The Labute approximate surface area is 124 Å². The summed E-state index contributed by atoms with van der Waals surface area (Å²) in [6.45, 7) is 6.62. The van der Waals surface area contributed by atoms with Crippen LogP contribution >= 0.6 is 0 Å². The van der Waals surface area contributed by atoms with Gasteiger partial charge in [0.2, 0.25) is 5.91 Å². The Morgan fingerprint density at radius 1 is 1.29 bits per heavy atom. The topological polar surface area (TPSA) is 52.6 Å². The van der Waals surface area contributed by atoms with Crippen LogP contribution in [0, 0.1) is 0 Å². The van der Waals surface area contributed by atoms with Crippen molar-refractivity contribution in [2.75, 3.05) is 32.0 Å². The van der Waals surface area contributed by atoms with Gasteiger partial charge in [-0.3, -0.25) is 14.5 Å². The highest BCUT2D eigenvalue weighted by atomic mass is 16.2. The molecule has 2 aliphatic heterocycles. The summed E-state index contributed by atoms with van der Waals surface area (Å²) < 4.78 is 0. The molecule has 0 saturated carbocycles. The van der Waals surface area contributed by atoms with Gasteiger partial charge in [0.05, 0.1) is 6.42 Å². The number of amides is 2. The van der Waals surface area contributed by atoms with Crippen molar-refractivity contribution in [3.63, 3.8) is 0 Å². The third-order valence-corrected chi connectivity index (χ3v) is 4.59. The van der Waals surface area contributed by atoms with Gasteiger partial charge in [0, 0.05) is 36.4 Å². The third kappa shape index (κ3) is 2.53. The van der Waals surface area contributed by atoms with E-state index in [0.29, 0.717) is 18.5 Å². The smallest absolute Gasteiger partial charge is 0.254 e. The number of carbonyl (C=O) groups excluding carboxylic acids is 2. The fourth-order valence-corrected chi connectivity index (χ4v) is 2.94. The number of benzene rings is 1. The summed E-state index contributed by atoms with van der Waals surface area (Å²) in [4.78, 5) is 28.2.